The number of nitrogens with zero attached hydrogens (tertiary/aromatic N) is 2. The second kappa shape index (κ2) is 7.43. The van der Waals surface area contributed by atoms with Crippen LogP contribution in [-0.2, 0) is 14.8 Å². The van der Waals surface area contributed by atoms with E-state index in [9.17, 15) is 23.1 Å². The van der Waals surface area contributed by atoms with E-state index in [1.165, 1.54) is 12.1 Å². The van der Waals surface area contributed by atoms with E-state index in [0.717, 1.165) is 12.8 Å². The van der Waals surface area contributed by atoms with Crippen LogP contribution in [0.5, 0.6) is 0 Å². The summed E-state index contributed by atoms with van der Waals surface area (Å²) in [6.07, 6.45) is 5.73. The third kappa shape index (κ3) is 3.43. The quantitative estimate of drug-likeness (QED) is 0.561. The minimum absolute atomic E-state index is 0.0254. The number of fused-ring (bicyclic) bond motifs is 6. The van der Waals surface area contributed by atoms with Crippen LogP contribution in [0.3, 0.4) is 0 Å². The molecule has 1 saturated carbocycles. The molecule has 2 aliphatic heterocycles. The monoisotopic (exact) mass is 483 g/mol. The number of hydrogen-bond acceptors (Lipinski definition) is 6. The summed E-state index contributed by atoms with van der Waals surface area (Å²) in [4.78, 5) is 27.2. The van der Waals surface area contributed by atoms with E-state index in [-0.39, 0.29) is 62.5 Å². The van der Waals surface area contributed by atoms with Gasteiger partial charge in [0.1, 0.15) is 16.2 Å². The summed E-state index contributed by atoms with van der Waals surface area (Å²) in [7, 11) is -4.27. The number of nitrogens with two attached hydrogens (primary N) is 1. The summed E-state index contributed by atoms with van der Waals surface area (Å²) in [5.74, 6) is -1.92. The molecule has 1 radical (unpaired) electrons. The number of aliphatic hydroxyl groups excluding tert-OH is 1. The molecule has 4 atom stereocenters. The van der Waals surface area contributed by atoms with Crippen LogP contribution in [0.15, 0.2) is 44.9 Å². The van der Waals surface area contributed by atoms with Gasteiger partial charge in [-0.05, 0) is 48.3 Å². The first-order valence-electron chi connectivity index (χ1n) is 11.3. The summed E-state index contributed by atoms with van der Waals surface area (Å²) in [6.45, 7) is 6.74. The van der Waals surface area contributed by atoms with Crippen molar-refractivity contribution in [1.29, 1.82) is 0 Å². The lowest BCUT2D eigenvalue weighted by atomic mass is 9.80. The molecule has 5 rings (SSSR count). The van der Waals surface area contributed by atoms with Crippen molar-refractivity contribution in [3.05, 3.63) is 47.2 Å². The smallest absolute Gasteiger partial charge is 0.286 e. The molecular formula is C24H27N4O5S. The highest BCUT2D eigenvalue weighted by Gasteiger charge is 2.55. The zero-order chi connectivity index (χ0) is 24.6. The molecule has 4 N–H and O–H groups in total. The van der Waals surface area contributed by atoms with Gasteiger partial charge < -0.3 is 21.1 Å². The molecule has 2 amide bonds. The van der Waals surface area contributed by atoms with E-state index in [4.69, 9.17) is 5.73 Å². The third-order valence-corrected chi connectivity index (χ3v) is 8.42. The lowest BCUT2D eigenvalue weighted by Gasteiger charge is -2.43. The first-order chi connectivity index (χ1) is 15.9. The van der Waals surface area contributed by atoms with Crippen molar-refractivity contribution in [1.82, 2.24) is 4.90 Å². The second-order valence-corrected chi connectivity index (χ2v) is 12.1. The van der Waals surface area contributed by atoms with Gasteiger partial charge in [-0.25, -0.2) is 0 Å². The van der Waals surface area contributed by atoms with Gasteiger partial charge in [0.25, 0.3) is 21.8 Å². The number of aliphatic hydroxyl groups is 1. The maximum atomic E-state index is 13.8. The Labute approximate surface area is 198 Å². The minimum Gasteiger partial charge on any atom is -0.511 e. The molecule has 179 valence electrons. The van der Waals surface area contributed by atoms with Gasteiger partial charge in [0.05, 0.1) is 11.3 Å². The van der Waals surface area contributed by atoms with Crippen LogP contribution in [0.1, 0.15) is 44.0 Å². The van der Waals surface area contributed by atoms with Crippen LogP contribution >= 0.6 is 0 Å². The van der Waals surface area contributed by atoms with Crippen molar-refractivity contribution in [3.8, 4) is 0 Å². The molecule has 2 heterocycles. The Balaban J connectivity index is 1.63. The van der Waals surface area contributed by atoms with Crippen molar-refractivity contribution in [3.63, 3.8) is 0 Å². The van der Waals surface area contributed by atoms with Crippen LogP contribution in [0.4, 0.5) is 5.69 Å². The van der Waals surface area contributed by atoms with Crippen molar-refractivity contribution in [2.24, 2.45) is 33.3 Å². The number of rotatable bonds is 4. The largest absolute Gasteiger partial charge is 0.511 e. The molecule has 34 heavy (non-hydrogen) atoms. The fourth-order valence-corrected chi connectivity index (χ4v) is 6.60. The van der Waals surface area contributed by atoms with Crippen LogP contribution < -0.4 is 11.1 Å². The number of anilines is 1. The summed E-state index contributed by atoms with van der Waals surface area (Å²) in [5, 5.41) is 14.1. The highest BCUT2D eigenvalue weighted by Crippen LogP contribution is 2.52. The third-order valence-electron chi connectivity index (χ3n) is 7.12. The van der Waals surface area contributed by atoms with Gasteiger partial charge in [-0.3, -0.25) is 9.59 Å². The van der Waals surface area contributed by atoms with Crippen molar-refractivity contribution < 1.29 is 23.1 Å². The van der Waals surface area contributed by atoms with E-state index in [0.29, 0.717) is 6.54 Å². The van der Waals surface area contributed by atoms with Gasteiger partial charge in [0.2, 0.25) is 0 Å². The van der Waals surface area contributed by atoms with Gasteiger partial charge in [0, 0.05) is 18.5 Å². The van der Waals surface area contributed by atoms with Crippen LogP contribution in [-0.4, -0.2) is 48.7 Å². The average Bonchev–Trinajstić information content (AvgIpc) is 3.34. The molecule has 1 aromatic carbocycles. The number of allylic oxidation sites excluding steroid dienone is 1. The van der Waals surface area contributed by atoms with Gasteiger partial charge in [-0.2, -0.15) is 8.42 Å². The maximum absolute atomic E-state index is 13.8. The SMILES string of the molecule is CC(C)(C)CCN1C(=O)C(C2=NS(=O)(=O)c3c[c]cc(C(N)=O)c3N2)=C(O)C2C3C=CC(C3)C21. The molecule has 10 heteroatoms. The molecule has 2 bridgehead atoms. The first-order valence-corrected chi connectivity index (χ1v) is 12.7. The number of carbonyl (C=O) groups excluding carboxylic acids is 2. The first kappa shape index (κ1) is 22.6. The van der Waals surface area contributed by atoms with Gasteiger partial charge in [-0.15, -0.1) is 4.40 Å². The predicted octanol–water partition coefficient (Wildman–Crippen LogP) is 2.38. The van der Waals surface area contributed by atoms with E-state index >= 15 is 0 Å². The van der Waals surface area contributed by atoms with E-state index in [2.05, 4.69) is 48.7 Å². The van der Waals surface area contributed by atoms with Crippen LogP contribution in [0.25, 0.3) is 0 Å². The Bertz CT molecular complexity index is 1300. The van der Waals surface area contributed by atoms with Gasteiger partial charge in [0.15, 0.2) is 5.84 Å². The zero-order valence-corrected chi connectivity index (χ0v) is 20.0. The Kier molecular flexibility index (Phi) is 4.95. The molecule has 9 nitrogen and oxygen atoms in total. The normalized spacial score (nSPS) is 29.0. The molecular weight excluding hydrogens is 456 g/mol. The zero-order valence-electron chi connectivity index (χ0n) is 19.2. The number of nitrogens with one attached hydrogen (secondary N) is 1. The Morgan fingerprint density at radius 2 is 2.00 bits per heavy atom. The lowest BCUT2D eigenvalue weighted by Crippen LogP contribution is -2.54. The Morgan fingerprint density at radius 3 is 2.68 bits per heavy atom. The van der Waals surface area contributed by atoms with Crippen molar-refractivity contribution >= 4 is 33.4 Å². The molecule has 1 aromatic rings. The molecule has 0 aromatic heterocycles. The van der Waals surface area contributed by atoms with E-state index in [1.807, 2.05) is 0 Å². The number of amides is 2. The number of primary amides is 1. The minimum atomic E-state index is -4.27. The second-order valence-electron chi connectivity index (χ2n) is 10.5. The fourth-order valence-electron chi connectivity index (χ4n) is 5.49. The highest BCUT2D eigenvalue weighted by molar-refractivity contribution is 7.90. The molecule has 0 saturated heterocycles. The average molecular weight is 484 g/mol. The summed E-state index contributed by atoms with van der Waals surface area (Å²) >= 11 is 0. The predicted molar refractivity (Wildman–Crippen MR) is 125 cm³/mol. The molecule has 4 unspecified atom stereocenters. The maximum Gasteiger partial charge on any atom is 0.286 e. The molecule has 1 fully saturated rings. The number of benzene rings is 1. The topological polar surface area (TPSA) is 142 Å². The van der Waals surface area contributed by atoms with Crippen LogP contribution in [0.2, 0.25) is 0 Å². The van der Waals surface area contributed by atoms with Crippen molar-refractivity contribution in [2.45, 2.75) is 44.6 Å². The van der Waals surface area contributed by atoms with E-state index < -0.39 is 21.8 Å². The summed E-state index contributed by atoms with van der Waals surface area (Å²) in [6, 6.07) is 4.87. The standard InChI is InChI=1S/C24H27N4O5S/c1-24(2,3)9-10-28-19-13-8-7-12(11-13)16(19)20(29)17(23(28)31)22-26-18-14(21(25)30)5-4-6-15(18)34(32,33)27-22/h5-8,12-13,16,19,29H,9-11H2,1-3H3,(H2,25,30)(H,26,27). The Hall–Kier alpha value is -3.14. The number of amidine groups is 1. The van der Waals surface area contributed by atoms with Gasteiger partial charge >= 0.3 is 0 Å². The number of sulfonamides is 1. The van der Waals surface area contributed by atoms with E-state index in [1.54, 1.807) is 4.90 Å². The lowest BCUT2D eigenvalue weighted by molar-refractivity contribution is -0.132. The molecule has 0 spiro atoms. The Morgan fingerprint density at radius 1 is 1.29 bits per heavy atom. The highest BCUT2D eigenvalue weighted by atomic mass is 32.2. The van der Waals surface area contributed by atoms with Crippen molar-refractivity contribution in [2.75, 3.05) is 11.9 Å². The molecule has 4 aliphatic rings. The molecule has 2 aliphatic carbocycles. The van der Waals surface area contributed by atoms with Crippen LogP contribution in [0, 0.1) is 29.2 Å². The number of carbonyl (C=O) groups is 2. The van der Waals surface area contributed by atoms with Gasteiger partial charge in [-0.1, -0.05) is 32.9 Å². The summed E-state index contributed by atoms with van der Waals surface area (Å²) < 4.78 is 29.8. The number of hydrogen-bond donors (Lipinski definition) is 3. The summed E-state index contributed by atoms with van der Waals surface area (Å²) in [5.41, 5.74) is 5.08. The fraction of sp³-hybridized carbons (Fsp3) is 0.458.